The van der Waals surface area contributed by atoms with Crippen molar-refractivity contribution in [1.82, 2.24) is 10.6 Å². The predicted molar refractivity (Wildman–Crippen MR) is 149 cm³/mol. The predicted octanol–water partition coefficient (Wildman–Crippen LogP) is 7.09. The molecular formula is C31H46N2O4. The highest BCUT2D eigenvalue weighted by Gasteiger charge is 2.16. The van der Waals surface area contributed by atoms with Crippen molar-refractivity contribution in [1.29, 1.82) is 0 Å². The number of ether oxygens (including phenoxy) is 4. The van der Waals surface area contributed by atoms with Crippen molar-refractivity contribution in [3.63, 3.8) is 0 Å². The molecule has 6 heteroatoms. The monoisotopic (exact) mass is 510 g/mol. The third-order valence-electron chi connectivity index (χ3n) is 7.48. The first-order chi connectivity index (χ1) is 18.2. The lowest BCUT2D eigenvalue weighted by atomic mass is 9.99. The molecule has 2 aromatic rings. The van der Waals surface area contributed by atoms with Gasteiger partial charge in [-0.05, 0) is 61.1 Å². The van der Waals surface area contributed by atoms with Crippen molar-refractivity contribution in [2.75, 3.05) is 13.6 Å². The van der Waals surface area contributed by atoms with E-state index in [1.165, 1.54) is 81.8 Å². The van der Waals surface area contributed by atoms with E-state index in [2.05, 4.69) is 48.7 Å². The van der Waals surface area contributed by atoms with E-state index in [-0.39, 0.29) is 0 Å². The van der Waals surface area contributed by atoms with Crippen molar-refractivity contribution >= 4 is 0 Å². The summed E-state index contributed by atoms with van der Waals surface area (Å²) in [5.41, 5.74) is 2.52. The van der Waals surface area contributed by atoms with Crippen molar-refractivity contribution in [3.05, 3.63) is 47.5 Å². The second-order valence-corrected chi connectivity index (χ2v) is 10.5. The highest BCUT2D eigenvalue weighted by Crippen LogP contribution is 2.33. The van der Waals surface area contributed by atoms with E-state index in [0.717, 1.165) is 36.1 Å². The van der Waals surface area contributed by atoms with Crippen LogP contribution in [-0.4, -0.2) is 25.7 Å². The van der Waals surface area contributed by atoms with Crippen LogP contribution in [0.25, 0.3) is 0 Å². The number of fused-ring (bicyclic) bond motifs is 2. The molecule has 0 saturated heterocycles. The molecule has 0 aliphatic carbocycles. The number of benzene rings is 2. The van der Waals surface area contributed by atoms with Crippen LogP contribution >= 0.6 is 0 Å². The molecule has 2 aliphatic heterocycles. The molecule has 0 unspecified atom stereocenters. The number of unbranched alkanes of at least 4 members (excludes halogenated alkanes) is 4. The van der Waals surface area contributed by atoms with Gasteiger partial charge in [0.1, 0.15) is 0 Å². The lowest BCUT2D eigenvalue weighted by Crippen LogP contribution is -2.29. The second-order valence-electron chi connectivity index (χ2n) is 10.5. The number of rotatable bonds is 18. The van der Waals surface area contributed by atoms with Crippen molar-refractivity contribution in [2.24, 2.45) is 0 Å². The van der Waals surface area contributed by atoms with Gasteiger partial charge in [-0.3, -0.25) is 0 Å². The summed E-state index contributed by atoms with van der Waals surface area (Å²) in [7, 11) is 0. The summed E-state index contributed by atoms with van der Waals surface area (Å²) >= 11 is 0. The van der Waals surface area contributed by atoms with E-state index < -0.39 is 0 Å². The van der Waals surface area contributed by atoms with Gasteiger partial charge in [0.05, 0.1) is 0 Å². The van der Waals surface area contributed by atoms with E-state index in [0.29, 0.717) is 25.7 Å². The molecule has 2 heterocycles. The fraction of sp³-hybridized carbons (Fsp3) is 0.613. The summed E-state index contributed by atoms with van der Waals surface area (Å²) in [5.74, 6) is 3.45. The molecule has 2 aliphatic rings. The molecule has 6 nitrogen and oxygen atoms in total. The largest absolute Gasteiger partial charge is 0.454 e. The summed E-state index contributed by atoms with van der Waals surface area (Å²) in [6.45, 7) is 6.99. The van der Waals surface area contributed by atoms with E-state index in [4.69, 9.17) is 18.9 Å². The molecule has 0 amide bonds. The average Bonchev–Trinajstić information content (AvgIpc) is 3.59. The van der Waals surface area contributed by atoms with Gasteiger partial charge in [-0.25, -0.2) is 0 Å². The first-order valence-corrected chi connectivity index (χ1v) is 14.5. The molecule has 2 N–H and O–H groups in total. The van der Waals surface area contributed by atoms with Crippen molar-refractivity contribution in [3.8, 4) is 23.0 Å². The lowest BCUT2D eigenvalue weighted by molar-refractivity contribution is 0.173. The highest BCUT2D eigenvalue weighted by atomic mass is 16.7. The summed E-state index contributed by atoms with van der Waals surface area (Å²) in [6, 6.07) is 13.7. The average molecular weight is 511 g/mol. The van der Waals surface area contributed by atoms with Gasteiger partial charge >= 0.3 is 0 Å². The standard InChI is InChI=1S/C31H46N2O4/c1-3-5-10-26(32-20-24-14-16-28-30(18-24)36-22-34-28)12-8-7-9-13-27(11-6-4-2)33-21-25-15-17-29-31(19-25)37-23-35-29/h14-19,26-27,32-33H,3-13,20-23H2,1-2H3/t26-,27-/m0/s1. The number of nitrogens with one attached hydrogen (secondary N) is 2. The smallest absolute Gasteiger partial charge is 0.231 e. The van der Waals surface area contributed by atoms with Crippen molar-refractivity contribution in [2.45, 2.75) is 110 Å². The molecule has 4 rings (SSSR count). The van der Waals surface area contributed by atoms with Crippen LogP contribution in [0.5, 0.6) is 23.0 Å². The molecule has 37 heavy (non-hydrogen) atoms. The number of hydrogen-bond acceptors (Lipinski definition) is 6. The van der Waals surface area contributed by atoms with Gasteiger partial charge in [0.15, 0.2) is 23.0 Å². The molecule has 2 atom stereocenters. The molecule has 0 fully saturated rings. The Balaban J connectivity index is 1.16. The van der Waals surface area contributed by atoms with Gasteiger partial charge in [0.2, 0.25) is 13.6 Å². The summed E-state index contributed by atoms with van der Waals surface area (Å²) in [5, 5.41) is 7.64. The van der Waals surface area contributed by atoms with Crippen LogP contribution < -0.4 is 29.6 Å². The maximum absolute atomic E-state index is 5.54. The second kappa shape index (κ2) is 15.1. The van der Waals surface area contributed by atoms with Crippen LogP contribution in [0, 0.1) is 0 Å². The number of hydrogen-bond donors (Lipinski definition) is 2. The van der Waals surface area contributed by atoms with Gasteiger partial charge in [0, 0.05) is 25.2 Å². The Hall–Kier alpha value is -2.44. The molecule has 0 radical (unpaired) electrons. The van der Waals surface area contributed by atoms with Gasteiger partial charge in [-0.2, -0.15) is 0 Å². The van der Waals surface area contributed by atoms with Crippen LogP contribution in [0.3, 0.4) is 0 Å². The fourth-order valence-electron chi connectivity index (χ4n) is 5.18. The SMILES string of the molecule is CCCC[C@@H](CCCCC[C@H](CCCC)NCc1ccc2c(c1)OCO2)NCc1ccc2c(c1)OCO2. The molecule has 0 aromatic heterocycles. The maximum atomic E-state index is 5.54. The molecule has 2 aromatic carbocycles. The third kappa shape index (κ3) is 8.82. The van der Waals surface area contributed by atoms with Crippen molar-refractivity contribution < 1.29 is 18.9 Å². The zero-order chi connectivity index (χ0) is 25.7. The highest BCUT2D eigenvalue weighted by molar-refractivity contribution is 5.45. The Labute approximate surface area is 223 Å². The van der Waals surface area contributed by atoms with Crippen LogP contribution in [0.2, 0.25) is 0 Å². The quantitative estimate of drug-likeness (QED) is 0.209. The normalized spacial score (nSPS) is 15.2. The summed E-state index contributed by atoms with van der Waals surface area (Å²) < 4.78 is 22.0. The zero-order valence-electron chi connectivity index (χ0n) is 22.9. The van der Waals surface area contributed by atoms with E-state index in [9.17, 15) is 0 Å². The Morgan fingerprint density at radius 2 is 1.00 bits per heavy atom. The Morgan fingerprint density at radius 3 is 1.46 bits per heavy atom. The minimum absolute atomic E-state index is 0.332. The summed E-state index contributed by atoms with van der Waals surface area (Å²) in [6.07, 6.45) is 13.9. The van der Waals surface area contributed by atoms with E-state index >= 15 is 0 Å². The molecule has 0 spiro atoms. The summed E-state index contributed by atoms with van der Waals surface area (Å²) in [4.78, 5) is 0. The van der Waals surface area contributed by atoms with Crippen LogP contribution in [0.15, 0.2) is 36.4 Å². The van der Waals surface area contributed by atoms with Gasteiger partial charge in [-0.15, -0.1) is 0 Å². The fourth-order valence-corrected chi connectivity index (χ4v) is 5.18. The third-order valence-corrected chi connectivity index (χ3v) is 7.48. The molecule has 204 valence electrons. The van der Waals surface area contributed by atoms with Crippen LogP contribution in [0.4, 0.5) is 0 Å². The lowest BCUT2D eigenvalue weighted by Gasteiger charge is -2.20. The first-order valence-electron chi connectivity index (χ1n) is 14.5. The Morgan fingerprint density at radius 1 is 0.568 bits per heavy atom. The topological polar surface area (TPSA) is 61.0 Å². The zero-order valence-corrected chi connectivity index (χ0v) is 22.9. The van der Waals surface area contributed by atoms with Gasteiger partial charge in [0.25, 0.3) is 0 Å². The van der Waals surface area contributed by atoms with Gasteiger partial charge in [-0.1, -0.05) is 70.9 Å². The molecular weight excluding hydrogens is 464 g/mol. The Bertz CT molecular complexity index is 875. The van der Waals surface area contributed by atoms with Gasteiger partial charge < -0.3 is 29.6 Å². The maximum Gasteiger partial charge on any atom is 0.231 e. The van der Waals surface area contributed by atoms with Crippen LogP contribution in [-0.2, 0) is 13.1 Å². The van der Waals surface area contributed by atoms with E-state index in [1.807, 2.05) is 12.1 Å². The molecule has 0 saturated carbocycles. The minimum atomic E-state index is 0.332. The minimum Gasteiger partial charge on any atom is -0.454 e. The molecule has 0 bridgehead atoms. The Kier molecular flexibility index (Phi) is 11.3. The van der Waals surface area contributed by atoms with E-state index in [1.54, 1.807) is 0 Å². The van der Waals surface area contributed by atoms with Crippen LogP contribution in [0.1, 0.15) is 95.6 Å². The first kappa shape index (κ1) is 27.6.